The second-order valence-corrected chi connectivity index (χ2v) is 10.6. The van der Waals surface area contributed by atoms with Crippen LogP contribution in [0.5, 0.6) is 17.2 Å². The minimum atomic E-state index is 0.0938. The molecule has 8 nitrogen and oxygen atoms in total. The predicted octanol–water partition coefficient (Wildman–Crippen LogP) is 4.76. The number of aromatic nitrogens is 1. The summed E-state index contributed by atoms with van der Waals surface area (Å²) in [5.41, 5.74) is 4.92. The Labute approximate surface area is 237 Å². The van der Waals surface area contributed by atoms with E-state index in [2.05, 4.69) is 28.0 Å². The van der Waals surface area contributed by atoms with Crippen LogP contribution in [-0.2, 0) is 6.54 Å². The van der Waals surface area contributed by atoms with E-state index in [9.17, 15) is 4.79 Å². The van der Waals surface area contributed by atoms with Crippen molar-refractivity contribution in [3.8, 4) is 17.2 Å². The fourth-order valence-electron chi connectivity index (χ4n) is 5.83. The Hall–Kier alpha value is -3.78. The van der Waals surface area contributed by atoms with Crippen molar-refractivity contribution in [1.29, 1.82) is 0 Å². The van der Waals surface area contributed by atoms with Gasteiger partial charge in [0.2, 0.25) is 0 Å². The van der Waals surface area contributed by atoms with Crippen LogP contribution in [0.3, 0.4) is 0 Å². The summed E-state index contributed by atoms with van der Waals surface area (Å²) in [6.45, 7) is 7.64. The van der Waals surface area contributed by atoms with Crippen LogP contribution in [-0.4, -0.2) is 81.3 Å². The van der Waals surface area contributed by atoms with E-state index in [1.807, 2.05) is 48.2 Å². The highest BCUT2D eigenvalue weighted by Gasteiger charge is 2.30. The molecule has 40 heavy (non-hydrogen) atoms. The van der Waals surface area contributed by atoms with Gasteiger partial charge in [0.05, 0.1) is 32.6 Å². The first kappa shape index (κ1) is 27.8. The molecule has 2 saturated heterocycles. The minimum absolute atomic E-state index is 0.0938. The summed E-state index contributed by atoms with van der Waals surface area (Å²) in [5.74, 6) is 2.92. The van der Waals surface area contributed by atoms with Gasteiger partial charge in [-0.05, 0) is 75.3 Å². The number of hydrogen-bond donors (Lipinski definition) is 0. The first-order valence-electron chi connectivity index (χ1n) is 14.1. The molecule has 3 heterocycles. The number of likely N-dealkylation sites (tertiary alicyclic amines) is 1. The van der Waals surface area contributed by atoms with Crippen LogP contribution in [0.2, 0.25) is 0 Å². The number of rotatable bonds is 8. The van der Waals surface area contributed by atoms with E-state index in [1.54, 1.807) is 21.3 Å². The van der Waals surface area contributed by atoms with E-state index in [0.29, 0.717) is 13.1 Å². The maximum Gasteiger partial charge on any atom is 0.255 e. The molecule has 0 bridgehead atoms. The fraction of sp³-hybridized carbons (Fsp3) is 0.438. The molecule has 2 aromatic carbocycles. The van der Waals surface area contributed by atoms with Crippen molar-refractivity contribution >= 4 is 11.6 Å². The normalized spacial score (nSPS) is 16.6. The highest BCUT2D eigenvalue weighted by molar-refractivity contribution is 5.95. The summed E-state index contributed by atoms with van der Waals surface area (Å²) >= 11 is 0. The van der Waals surface area contributed by atoms with Crippen molar-refractivity contribution in [1.82, 2.24) is 14.8 Å². The standard InChI is InChI=1S/C32H40N4O4/c1-23-8-10-29(32(37)36-18-16-35(17-19-36)26-6-5-7-27(21-26)38-2)31(33-23)24-12-14-34(15-13-24)22-25-20-28(39-3)9-11-30(25)40-4/h5-11,20-21,24H,12-19,22H2,1-4H3. The molecule has 0 radical (unpaired) electrons. The molecule has 0 saturated carbocycles. The molecule has 5 rings (SSSR count). The minimum Gasteiger partial charge on any atom is -0.497 e. The molecule has 8 heteroatoms. The van der Waals surface area contributed by atoms with Gasteiger partial charge in [-0.25, -0.2) is 0 Å². The fourth-order valence-corrected chi connectivity index (χ4v) is 5.83. The zero-order chi connectivity index (χ0) is 28.1. The third kappa shape index (κ3) is 6.17. The van der Waals surface area contributed by atoms with Crippen LogP contribution < -0.4 is 19.1 Å². The lowest BCUT2D eigenvalue weighted by Crippen LogP contribution is -2.49. The predicted molar refractivity (Wildman–Crippen MR) is 157 cm³/mol. The maximum absolute atomic E-state index is 13.8. The Morgan fingerprint density at radius 3 is 2.27 bits per heavy atom. The average molecular weight is 545 g/mol. The Morgan fingerprint density at radius 2 is 1.57 bits per heavy atom. The Balaban J connectivity index is 1.23. The number of pyridine rings is 1. The number of anilines is 1. The molecule has 2 fully saturated rings. The van der Waals surface area contributed by atoms with Gasteiger partial charge in [0, 0.05) is 61.7 Å². The van der Waals surface area contributed by atoms with Gasteiger partial charge in [0.25, 0.3) is 5.91 Å². The van der Waals surface area contributed by atoms with Gasteiger partial charge in [0.1, 0.15) is 17.2 Å². The molecule has 0 N–H and O–H groups in total. The first-order valence-corrected chi connectivity index (χ1v) is 14.1. The van der Waals surface area contributed by atoms with Gasteiger partial charge in [0.15, 0.2) is 0 Å². The van der Waals surface area contributed by atoms with E-state index in [1.165, 1.54) is 0 Å². The Kier molecular flexibility index (Phi) is 8.75. The Morgan fingerprint density at radius 1 is 0.850 bits per heavy atom. The lowest BCUT2D eigenvalue weighted by atomic mass is 9.89. The number of benzene rings is 2. The van der Waals surface area contributed by atoms with E-state index in [4.69, 9.17) is 19.2 Å². The van der Waals surface area contributed by atoms with Gasteiger partial charge in [-0.2, -0.15) is 0 Å². The van der Waals surface area contributed by atoms with E-state index in [-0.39, 0.29) is 11.8 Å². The molecule has 212 valence electrons. The van der Waals surface area contributed by atoms with E-state index < -0.39 is 0 Å². The third-order valence-corrected chi connectivity index (χ3v) is 8.14. The van der Waals surface area contributed by atoms with Crippen LogP contribution in [0, 0.1) is 6.92 Å². The van der Waals surface area contributed by atoms with Crippen molar-refractivity contribution < 1.29 is 19.0 Å². The van der Waals surface area contributed by atoms with Gasteiger partial charge in [-0.3, -0.25) is 14.7 Å². The summed E-state index contributed by atoms with van der Waals surface area (Å²) < 4.78 is 16.4. The van der Waals surface area contributed by atoms with E-state index >= 15 is 0 Å². The zero-order valence-corrected chi connectivity index (χ0v) is 24.1. The SMILES string of the molecule is COc1cccc(N2CCN(C(=O)c3ccc(C)nc3C3CCN(Cc4cc(OC)ccc4OC)CC3)CC2)c1. The molecule has 3 aromatic rings. The molecule has 0 atom stereocenters. The number of aryl methyl sites for hydroxylation is 1. The summed E-state index contributed by atoms with van der Waals surface area (Å²) in [5, 5.41) is 0. The van der Waals surface area contributed by atoms with Crippen molar-refractivity contribution in [2.75, 3.05) is 65.5 Å². The molecule has 0 aliphatic carbocycles. The lowest BCUT2D eigenvalue weighted by molar-refractivity contribution is 0.0743. The number of piperidine rings is 1. The maximum atomic E-state index is 13.8. The monoisotopic (exact) mass is 544 g/mol. The highest BCUT2D eigenvalue weighted by Crippen LogP contribution is 2.33. The summed E-state index contributed by atoms with van der Waals surface area (Å²) in [7, 11) is 5.08. The molecule has 2 aliphatic heterocycles. The quantitative estimate of drug-likeness (QED) is 0.405. The molecule has 0 unspecified atom stereocenters. The van der Waals surface area contributed by atoms with Crippen LogP contribution >= 0.6 is 0 Å². The number of nitrogens with zero attached hydrogens (tertiary/aromatic N) is 4. The second-order valence-electron chi connectivity index (χ2n) is 10.6. The number of carbonyl (C=O) groups is 1. The smallest absolute Gasteiger partial charge is 0.255 e. The topological polar surface area (TPSA) is 67.4 Å². The number of carbonyl (C=O) groups excluding carboxylic acids is 1. The largest absolute Gasteiger partial charge is 0.497 e. The number of hydrogen-bond acceptors (Lipinski definition) is 7. The van der Waals surface area contributed by atoms with Crippen LogP contribution in [0.1, 0.15) is 46.1 Å². The summed E-state index contributed by atoms with van der Waals surface area (Å²) in [6, 6.07) is 18.0. The zero-order valence-electron chi connectivity index (χ0n) is 24.1. The highest BCUT2D eigenvalue weighted by atomic mass is 16.5. The molecule has 0 spiro atoms. The molecule has 1 amide bonds. The summed E-state index contributed by atoms with van der Waals surface area (Å²) in [6.07, 6.45) is 1.93. The number of piperazine rings is 1. The van der Waals surface area contributed by atoms with Gasteiger partial charge >= 0.3 is 0 Å². The van der Waals surface area contributed by atoms with Gasteiger partial charge in [-0.15, -0.1) is 0 Å². The summed E-state index contributed by atoms with van der Waals surface area (Å²) in [4.78, 5) is 25.4. The Bertz CT molecular complexity index is 1310. The van der Waals surface area contributed by atoms with Crippen molar-refractivity contribution in [2.45, 2.75) is 32.2 Å². The van der Waals surface area contributed by atoms with Crippen LogP contribution in [0.4, 0.5) is 5.69 Å². The second kappa shape index (κ2) is 12.6. The lowest BCUT2D eigenvalue weighted by Gasteiger charge is -2.37. The van der Waals surface area contributed by atoms with Gasteiger partial charge in [-0.1, -0.05) is 6.07 Å². The van der Waals surface area contributed by atoms with Crippen molar-refractivity contribution in [2.24, 2.45) is 0 Å². The number of methoxy groups -OCH3 is 3. The van der Waals surface area contributed by atoms with E-state index in [0.717, 1.165) is 91.0 Å². The first-order chi connectivity index (χ1) is 19.5. The molecule has 2 aliphatic rings. The van der Waals surface area contributed by atoms with Crippen molar-refractivity contribution in [3.63, 3.8) is 0 Å². The van der Waals surface area contributed by atoms with Crippen molar-refractivity contribution in [3.05, 3.63) is 77.1 Å². The van der Waals surface area contributed by atoms with Gasteiger partial charge < -0.3 is 24.0 Å². The van der Waals surface area contributed by atoms with Crippen LogP contribution in [0.15, 0.2) is 54.6 Å². The average Bonchev–Trinajstić information content (AvgIpc) is 3.01. The molecular weight excluding hydrogens is 504 g/mol. The number of ether oxygens (including phenoxy) is 3. The molecule has 1 aromatic heterocycles. The number of amides is 1. The third-order valence-electron chi connectivity index (χ3n) is 8.14. The molecular formula is C32H40N4O4. The van der Waals surface area contributed by atoms with Crippen LogP contribution in [0.25, 0.3) is 0 Å².